The molecule has 0 saturated carbocycles. The molecule has 18 heavy (non-hydrogen) atoms. The largest absolute Gasteiger partial charge is 0.345 e. The molecule has 0 spiro atoms. The van der Waals surface area contributed by atoms with Gasteiger partial charge in [0.2, 0.25) is 5.91 Å². The Balaban J connectivity index is 2.34. The fourth-order valence-electron chi connectivity index (χ4n) is 1.72. The number of halogens is 1. The Morgan fingerprint density at radius 1 is 1.39 bits per heavy atom. The molecular weight excluding hydrogens is 231 g/mol. The molecule has 100 valence electrons. The van der Waals surface area contributed by atoms with E-state index in [0.717, 1.165) is 13.0 Å². The van der Waals surface area contributed by atoms with Crippen LogP contribution in [0.1, 0.15) is 18.4 Å². The van der Waals surface area contributed by atoms with E-state index in [1.807, 2.05) is 13.1 Å². The second-order valence-corrected chi connectivity index (χ2v) is 4.36. The van der Waals surface area contributed by atoms with Gasteiger partial charge in [-0.3, -0.25) is 4.79 Å². The van der Waals surface area contributed by atoms with Gasteiger partial charge in [0.15, 0.2) is 0 Å². The van der Waals surface area contributed by atoms with Gasteiger partial charge in [-0.05, 0) is 38.1 Å². The van der Waals surface area contributed by atoms with E-state index < -0.39 is 0 Å². The number of nitrogens with zero attached hydrogens (tertiary/aromatic N) is 1. The van der Waals surface area contributed by atoms with Gasteiger partial charge in [0.1, 0.15) is 5.82 Å². The van der Waals surface area contributed by atoms with E-state index in [2.05, 4.69) is 5.32 Å². The zero-order chi connectivity index (χ0) is 13.4. The zero-order valence-electron chi connectivity index (χ0n) is 11.1. The number of likely N-dealkylation sites (N-methyl/N-ethyl adjacent to an activating group) is 1. The van der Waals surface area contributed by atoms with Crippen LogP contribution in [0.3, 0.4) is 0 Å². The number of carbonyl (C=O) groups excluding carboxylic acids is 1. The highest BCUT2D eigenvalue weighted by atomic mass is 19.1. The molecule has 0 radical (unpaired) electrons. The summed E-state index contributed by atoms with van der Waals surface area (Å²) in [5.74, 6) is -0.0879. The van der Waals surface area contributed by atoms with Crippen LogP contribution in [0.5, 0.6) is 0 Å². The highest BCUT2D eigenvalue weighted by molar-refractivity contribution is 5.75. The third kappa shape index (κ3) is 4.84. The maximum atomic E-state index is 13.4. The third-order valence-corrected chi connectivity index (χ3v) is 2.92. The number of amides is 1. The average molecular weight is 252 g/mol. The van der Waals surface area contributed by atoms with Crippen molar-refractivity contribution in [3.63, 3.8) is 0 Å². The van der Waals surface area contributed by atoms with Crippen molar-refractivity contribution in [3.8, 4) is 0 Å². The average Bonchev–Trinajstić information content (AvgIpc) is 2.37. The molecule has 0 fully saturated rings. The summed E-state index contributed by atoms with van der Waals surface area (Å²) in [4.78, 5) is 13.4. The molecule has 0 atom stereocenters. The molecule has 0 aromatic heterocycles. The number of hydrogen-bond donors (Lipinski definition) is 1. The highest BCUT2D eigenvalue weighted by Gasteiger charge is 2.09. The predicted molar refractivity (Wildman–Crippen MR) is 70.9 cm³/mol. The lowest BCUT2D eigenvalue weighted by Crippen LogP contribution is -2.29. The van der Waals surface area contributed by atoms with Crippen LogP contribution in [-0.2, 0) is 11.2 Å². The van der Waals surface area contributed by atoms with Gasteiger partial charge in [-0.2, -0.15) is 0 Å². The number of hydrogen-bond acceptors (Lipinski definition) is 2. The summed E-state index contributed by atoms with van der Waals surface area (Å²) >= 11 is 0. The first-order valence-electron chi connectivity index (χ1n) is 6.27. The van der Waals surface area contributed by atoms with Crippen LogP contribution >= 0.6 is 0 Å². The molecule has 0 bridgehead atoms. The van der Waals surface area contributed by atoms with Crippen LogP contribution in [0.4, 0.5) is 4.39 Å². The SMILES string of the molecule is CNCCCC(=O)N(C)CCc1ccccc1F. The van der Waals surface area contributed by atoms with Gasteiger partial charge in [0, 0.05) is 20.0 Å². The Labute approximate surface area is 108 Å². The summed E-state index contributed by atoms with van der Waals surface area (Å²) in [7, 11) is 3.63. The smallest absolute Gasteiger partial charge is 0.222 e. The molecule has 1 aromatic carbocycles. The maximum absolute atomic E-state index is 13.4. The van der Waals surface area contributed by atoms with Gasteiger partial charge in [-0.25, -0.2) is 4.39 Å². The van der Waals surface area contributed by atoms with E-state index in [4.69, 9.17) is 0 Å². The lowest BCUT2D eigenvalue weighted by Gasteiger charge is -2.17. The quantitative estimate of drug-likeness (QED) is 0.751. The van der Waals surface area contributed by atoms with Crippen molar-refractivity contribution < 1.29 is 9.18 Å². The molecule has 3 nitrogen and oxygen atoms in total. The van der Waals surface area contributed by atoms with Gasteiger partial charge >= 0.3 is 0 Å². The summed E-state index contributed by atoms with van der Waals surface area (Å²) in [6.45, 7) is 1.40. The molecule has 0 aliphatic heterocycles. The van der Waals surface area contributed by atoms with Crippen molar-refractivity contribution in [2.75, 3.05) is 27.2 Å². The van der Waals surface area contributed by atoms with E-state index in [0.29, 0.717) is 24.9 Å². The molecule has 0 unspecified atom stereocenters. The minimum atomic E-state index is -0.200. The molecule has 1 amide bonds. The Morgan fingerprint density at radius 3 is 2.78 bits per heavy atom. The standard InChI is InChI=1S/C14H21FN2O/c1-16-10-5-8-14(18)17(2)11-9-12-6-3-4-7-13(12)15/h3-4,6-7,16H,5,8-11H2,1-2H3. The lowest BCUT2D eigenvalue weighted by atomic mass is 10.1. The minimum absolute atomic E-state index is 0.113. The van der Waals surface area contributed by atoms with Crippen molar-refractivity contribution in [2.24, 2.45) is 0 Å². The van der Waals surface area contributed by atoms with Gasteiger partial charge in [0.25, 0.3) is 0 Å². The van der Waals surface area contributed by atoms with Crippen molar-refractivity contribution in [2.45, 2.75) is 19.3 Å². The van der Waals surface area contributed by atoms with Gasteiger partial charge in [0.05, 0.1) is 0 Å². The topological polar surface area (TPSA) is 32.3 Å². The summed E-state index contributed by atoms with van der Waals surface area (Å²) in [5.41, 5.74) is 0.660. The molecule has 1 aromatic rings. The van der Waals surface area contributed by atoms with Gasteiger partial charge < -0.3 is 10.2 Å². The highest BCUT2D eigenvalue weighted by Crippen LogP contribution is 2.08. The summed E-state index contributed by atoms with van der Waals surface area (Å²) < 4.78 is 13.4. The van der Waals surface area contributed by atoms with E-state index >= 15 is 0 Å². The van der Waals surface area contributed by atoms with Crippen molar-refractivity contribution >= 4 is 5.91 Å². The summed E-state index contributed by atoms with van der Waals surface area (Å²) in [5, 5.41) is 3.01. The molecule has 4 heteroatoms. The van der Waals surface area contributed by atoms with Crippen LogP contribution in [0.25, 0.3) is 0 Å². The monoisotopic (exact) mass is 252 g/mol. The van der Waals surface area contributed by atoms with E-state index in [1.165, 1.54) is 6.07 Å². The number of carbonyl (C=O) groups is 1. The molecule has 0 saturated heterocycles. The minimum Gasteiger partial charge on any atom is -0.345 e. The summed E-state index contributed by atoms with van der Waals surface area (Å²) in [6.07, 6.45) is 1.93. The summed E-state index contributed by atoms with van der Waals surface area (Å²) in [6, 6.07) is 6.69. The second kappa shape index (κ2) is 7.82. The van der Waals surface area contributed by atoms with E-state index in [9.17, 15) is 9.18 Å². The van der Waals surface area contributed by atoms with Crippen LogP contribution < -0.4 is 5.32 Å². The molecule has 1 rings (SSSR count). The van der Waals surface area contributed by atoms with Crippen molar-refractivity contribution in [3.05, 3.63) is 35.6 Å². The zero-order valence-corrected chi connectivity index (χ0v) is 11.1. The number of nitrogens with one attached hydrogen (secondary N) is 1. The van der Waals surface area contributed by atoms with Crippen LogP contribution in [-0.4, -0.2) is 38.0 Å². The Morgan fingerprint density at radius 2 is 2.11 bits per heavy atom. The van der Waals surface area contributed by atoms with E-state index in [-0.39, 0.29) is 11.7 Å². The number of rotatable bonds is 7. The fourth-order valence-corrected chi connectivity index (χ4v) is 1.72. The van der Waals surface area contributed by atoms with Crippen molar-refractivity contribution in [1.29, 1.82) is 0 Å². The Kier molecular flexibility index (Phi) is 6.36. The number of benzene rings is 1. The predicted octanol–water partition coefficient (Wildman–Crippen LogP) is 1.83. The first-order chi connectivity index (χ1) is 8.65. The molecule has 0 aliphatic carbocycles. The maximum Gasteiger partial charge on any atom is 0.222 e. The second-order valence-electron chi connectivity index (χ2n) is 4.36. The van der Waals surface area contributed by atoms with Gasteiger partial charge in [-0.1, -0.05) is 18.2 Å². The molecule has 0 heterocycles. The Bertz CT molecular complexity index is 382. The lowest BCUT2D eigenvalue weighted by molar-refractivity contribution is -0.129. The van der Waals surface area contributed by atoms with Crippen LogP contribution in [0.15, 0.2) is 24.3 Å². The first kappa shape index (κ1) is 14.6. The van der Waals surface area contributed by atoms with Crippen LogP contribution in [0.2, 0.25) is 0 Å². The fraction of sp³-hybridized carbons (Fsp3) is 0.500. The molecule has 0 aliphatic rings. The Hall–Kier alpha value is -1.42. The van der Waals surface area contributed by atoms with Crippen LogP contribution in [0, 0.1) is 5.82 Å². The molecule has 1 N–H and O–H groups in total. The molecular formula is C14H21FN2O. The third-order valence-electron chi connectivity index (χ3n) is 2.92. The van der Waals surface area contributed by atoms with Crippen molar-refractivity contribution in [1.82, 2.24) is 10.2 Å². The normalized spacial score (nSPS) is 10.4. The van der Waals surface area contributed by atoms with Gasteiger partial charge in [-0.15, -0.1) is 0 Å². The first-order valence-corrected chi connectivity index (χ1v) is 6.27. The van der Waals surface area contributed by atoms with E-state index in [1.54, 1.807) is 24.1 Å².